The van der Waals surface area contributed by atoms with Crippen LogP contribution in [0.4, 0.5) is 5.69 Å². The molecular weight excluding hydrogens is 224 g/mol. The van der Waals surface area contributed by atoms with Gasteiger partial charge in [0.25, 0.3) is 0 Å². The highest BCUT2D eigenvalue weighted by Crippen LogP contribution is 2.26. The van der Waals surface area contributed by atoms with Gasteiger partial charge in [-0.25, -0.2) is 4.98 Å². The average molecular weight is 242 g/mol. The van der Waals surface area contributed by atoms with Crippen LogP contribution in [0.1, 0.15) is 30.3 Å². The van der Waals surface area contributed by atoms with Crippen molar-refractivity contribution in [2.75, 3.05) is 5.32 Å². The summed E-state index contributed by atoms with van der Waals surface area (Å²) >= 11 is 0. The van der Waals surface area contributed by atoms with Crippen LogP contribution in [0, 0.1) is 0 Å². The van der Waals surface area contributed by atoms with Gasteiger partial charge in [0, 0.05) is 25.2 Å². The van der Waals surface area contributed by atoms with Gasteiger partial charge in [0.1, 0.15) is 12.2 Å². The normalized spacial score (nSPS) is 18.2. The van der Waals surface area contributed by atoms with Crippen LogP contribution >= 0.6 is 0 Å². The number of nitrogens with zero attached hydrogens (tertiary/aromatic N) is 3. The molecule has 0 aliphatic carbocycles. The van der Waals surface area contributed by atoms with Crippen molar-refractivity contribution in [3.8, 4) is 0 Å². The fourth-order valence-electron chi connectivity index (χ4n) is 2.48. The molecule has 0 fully saturated rings. The second-order valence-electron chi connectivity index (χ2n) is 5.05. The van der Waals surface area contributed by atoms with Crippen molar-refractivity contribution in [1.82, 2.24) is 14.8 Å². The monoisotopic (exact) mass is 242 g/mol. The molecule has 1 aliphatic heterocycles. The highest BCUT2D eigenvalue weighted by atomic mass is 15.3. The molecule has 2 aromatic rings. The zero-order valence-electron chi connectivity index (χ0n) is 10.8. The van der Waals surface area contributed by atoms with Crippen LogP contribution in [-0.4, -0.2) is 20.8 Å². The summed E-state index contributed by atoms with van der Waals surface area (Å²) in [6, 6.07) is 7.25. The van der Waals surface area contributed by atoms with Crippen molar-refractivity contribution in [1.29, 1.82) is 0 Å². The lowest BCUT2D eigenvalue weighted by atomic mass is 9.96. The average Bonchev–Trinajstić information content (AvgIpc) is 2.75. The molecule has 1 aliphatic rings. The first kappa shape index (κ1) is 11.3. The number of hydrogen-bond acceptors (Lipinski definition) is 3. The Hall–Kier alpha value is -1.84. The molecule has 18 heavy (non-hydrogen) atoms. The summed E-state index contributed by atoms with van der Waals surface area (Å²) in [6.45, 7) is 2.23. The van der Waals surface area contributed by atoms with E-state index in [4.69, 9.17) is 0 Å². The third-order valence-corrected chi connectivity index (χ3v) is 3.59. The molecule has 0 amide bonds. The number of nitrogens with one attached hydrogen (secondary N) is 1. The number of benzene rings is 1. The van der Waals surface area contributed by atoms with E-state index >= 15 is 0 Å². The van der Waals surface area contributed by atoms with E-state index in [9.17, 15) is 0 Å². The van der Waals surface area contributed by atoms with Gasteiger partial charge in [-0.05, 0) is 37.0 Å². The fourth-order valence-corrected chi connectivity index (χ4v) is 2.48. The van der Waals surface area contributed by atoms with Gasteiger partial charge in [-0.3, -0.25) is 4.68 Å². The van der Waals surface area contributed by atoms with Gasteiger partial charge < -0.3 is 5.32 Å². The molecule has 4 heteroatoms. The van der Waals surface area contributed by atoms with Crippen molar-refractivity contribution >= 4 is 5.69 Å². The highest BCUT2D eigenvalue weighted by Gasteiger charge is 2.14. The molecule has 2 heterocycles. The molecule has 0 spiro atoms. The van der Waals surface area contributed by atoms with E-state index in [2.05, 4.69) is 40.5 Å². The van der Waals surface area contributed by atoms with Crippen molar-refractivity contribution < 1.29 is 0 Å². The molecule has 3 rings (SSSR count). The second kappa shape index (κ2) is 4.44. The van der Waals surface area contributed by atoms with E-state index < -0.39 is 0 Å². The lowest BCUT2D eigenvalue weighted by molar-refractivity contribution is 0.679. The molecule has 0 saturated heterocycles. The van der Waals surface area contributed by atoms with E-state index in [0.717, 1.165) is 18.7 Å². The molecule has 0 saturated carbocycles. The fraction of sp³-hybridized carbons (Fsp3) is 0.429. The Labute approximate surface area is 107 Å². The van der Waals surface area contributed by atoms with Crippen molar-refractivity contribution in [3.63, 3.8) is 0 Å². The predicted octanol–water partition coefficient (Wildman–Crippen LogP) is 2.15. The Morgan fingerprint density at radius 3 is 3.11 bits per heavy atom. The largest absolute Gasteiger partial charge is 0.382 e. The molecule has 1 aromatic heterocycles. The van der Waals surface area contributed by atoms with Gasteiger partial charge in [-0.1, -0.05) is 12.1 Å². The van der Waals surface area contributed by atoms with Crippen LogP contribution in [0.25, 0.3) is 0 Å². The van der Waals surface area contributed by atoms with Crippen LogP contribution in [-0.2, 0) is 19.9 Å². The first-order valence-corrected chi connectivity index (χ1v) is 6.43. The molecule has 1 aromatic carbocycles. The number of fused-ring (bicyclic) bond motifs is 1. The molecule has 0 bridgehead atoms. The molecular formula is C14H18N4. The van der Waals surface area contributed by atoms with Crippen LogP contribution < -0.4 is 5.32 Å². The Morgan fingerprint density at radius 2 is 2.33 bits per heavy atom. The van der Waals surface area contributed by atoms with Crippen molar-refractivity contribution in [3.05, 3.63) is 41.5 Å². The van der Waals surface area contributed by atoms with E-state index in [1.807, 2.05) is 11.7 Å². The summed E-state index contributed by atoms with van der Waals surface area (Å²) in [5, 5.41) is 7.63. The number of aromatic nitrogens is 3. The molecule has 94 valence electrons. The minimum absolute atomic E-state index is 0.585. The lowest BCUT2D eigenvalue weighted by Gasteiger charge is -2.24. The van der Waals surface area contributed by atoms with E-state index in [1.54, 1.807) is 6.33 Å². The molecule has 1 unspecified atom stereocenters. The van der Waals surface area contributed by atoms with Gasteiger partial charge in [0.05, 0.1) is 0 Å². The maximum Gasteiger partial charge on any atom is 0.138 e. The van der Waals surface area contributed by atoms with Gasteiger partial charge in [0.2, 0.25) is 0 Å². The van der Waals surface area contributed by atoms with Crippen LogP contribution in [0.5, 0.6) is 0 Å². The summed E-state index contributed by atoms with van der Waals surface area (Å²) in [5.41, 5.74) is 4.02. The topological polar surface area (TPSA) is 42.7 Å². The van der Waals surface area contributed by atoms with E-state index in [-0.39, 0.29) is 0 Å². The number of rotatable bonds is 2. The molecule has 0 radical (unpaired) electrons. The van der Waals surface area contributed by atoms with Crippen LogP contribution in [0.15, 0.2) is 24.5 Å². The van der Waals surface area contributed by atoms with E-state index in [1.165, 1.54) is 23.2 Å². The summed E-state index contributed by atoms with van der Waals surface area (Å²) in [4.78, 5) is 4.27. The van der Waals surface area contributed by atoms with E-state index in [0.29, 0.717) is 6.04 Å². The Morgan fingerprint density at radius 1 is 1.44 bits per heavy atom. The third-order valence-electron chi connectivity index (χ3n) is 3.59. The van der Waals surface area contributed by atoms with Crippen LogP contribution in [0.2, 0.25) is 0 Å². The second-order valence-corrected chi connectivity index (χ2v) is 5.05. The van der Waals surface area contributed by atoms with Crippen LogP contribution in [0.3, 0.4) is 0 Å². The molecule has 1 atom stereocenters. The first-order valence-electron chi connectivity index (χ1n) is 6.43. The lowest BCUT2D eigenvalue weighted by Crippen LogP contribution is -2.21. The summed E-state index contributed by atoms with van der Waals surface area (Å²) in [5.74, 6) is 1.01. The zero-order valence-corrected chi connectivity index (χ0v) is 10.8. The van der Waals surface area contributed by atoms with Gasteiger partial charge in [0.15, 0.2) is 0 Å². The highest BCUT2D eigenvalue weighted by molar-refractivity contribution is 5.55. The zero-order chi connectivity index (χ0) is 12.5. The maximum atomic E-state index is 4.27. The Bertz CT molecular complexity index is 559. The molecule has 1 N–H and O–H groups in total. The van der Waals surface area contributed by atoms with Gasteiger partial charge in [-0.2, -0.15) is 5.10 Å². The Kier molecular flexibility index (Phi) is 2.78. The summed E-state index contributed by atoms with van der Waals surface area (Å²) < 4.78 is 1.83. The predicted molar refractivity (Wildman–Crippen MR) is 71.7 cm³/mol. The quantitative estimate of drug-likeness (QED) is 0.877. The van der Waals surface area contributed by atoms with Gasteiger partial charge >= 0.3 is 0 Å². The van der Waals surface area contributed by atoms with Crippen molar-refractivity contribution in [2.45, 2.75) is 32.2 Å². The number of hydrogen-bond donors (Lipinski definition) is 1. The minimum Gasteiger partial charge on any atom is -0.382 e. The van der Waals surface area contributed by atoms with Gasteiger partial charge in [-0.15, -0.1) is 0 Å². The summed E-state index contributed by atoms with van der Waals surface area (Å²) in [6.07, 6.45) is 4.83. The summed E-state index contributed by atoms with van der Waals surface area (Å²) in [7, 11) is 1.93. The third kappa shape index (κ3) is 2.10. The molecule has 4 nitrogen and oxygen atoms in total. The SMILES string of the molecule is CC1CCc2cc(Cc3ncnn3C)ccc2N1. The minimum atomic E-state index is 0.585. The first-order chi connectivity index (χ1) is 8.72. The smallest absolute Gasteiger partial charge is 0.138 e. The number of anilines is 1. The maximum absolute atomic E-state index is 4.27. The standard InChI is InChI=1S/C14H18N4/c1-10-3-5-12-7-11(4-6-13(12)17-10)8-14-15-9-16-18(14)2/h4,6-7,9-10,17H,3,5,8H2,1-2H3. The number of aryl methyl sites for hydroxylation is 2. The van der Waals surface area contributed by atoms with Crippen molar-refractivity contribution in [2.24, 2.45) is 7.05 Å². The Balaban J connectivity index is 1.84.